The molecule has 0 aromatic rings. The lowest BCUT2D eigenvalue weighted by Crippen LogP contribution is -2.32. The Bertz CT molecular complexity index is 199. The van der Waals surface area contributed by atoms with Crippen LogP contribution in [-0.4, -0.2) is 25.8 Å². The van der Waals surface area contributed by atoms with Gasteiger partial charge in [-0.2, -0.15) is 0 Å². The molecule has 94 valence electrons. The van der Waals surface area contributed by atoms with Crippen LogP contribution in [0.1, 0.15) is 46.0 Å². The summed E-state index contributed by atoms with van der Waals surface area (Å²) in [7, 11) is 0. The van der Waals surface area contributed by atoms with Crippen molar-refractivity contribution in [3.05, 3.63) is 0 Å². The highest BCUT2D eigenvalue weighted by Gasteiger charge is 2.24. The minimum atomic E-state index is 0.471. The van der Waals surface area contributed by atoms with Crippen LogP contribution in [0.5, 0.6) is 0 Å². The van der Waals surface area contributed by atoms with Crippen LogP contribution < -0.4 is 5.32 Å². The third-order valence-corrected chi connectivity index (χ3v) is 4.51. The van der Waals surface area contributed by atoms with Crippen LogP contribution in [-0.2, 0) is 4.74 Å². The molecule has 0 bridgehead atoms. The first-order chi connectivity index (χ1) is 7.75. The SMILES string of the molecule is CC1CCC(CNCC2CCOC2C)CC1. The lowest BCUT2D eigenvalue weighted by atomic mass is 9.83. The lowest BCUT2D eigenvalue weighted by molar-refractivity contribution is 0.105. The smallest absolute Gasteiger partial charge is 0.0588 e. The van der Waals surface area contributed by atoms with Gasteiger partial charge in [0.1, 0.15) is 0 Å². The highest BCUT2D eigenvalue weighted by molar-refractivity contribution is 4.76. The molecule has 16 heavy (non-hydrogen) atoms. The van der Waals surface area contributed by atoms with Gasteiger partial charge in [0.25, 0.3) is 0 Å². The van der Waals surface area contributed by atoms with Gasteiger partial charge in [-0.25, -0.2) is 0 Å². The average molecular weight is 225 g/mol. The molecule has 0 aromatic heterocycles. The molecule has 2 fully saturated rings. The Morgan fingerprint density at radius 2 is 1.75 bits per heavy atom. The molecule has 0 radical (unpaired) electrons. The highest BCUT2D eigenvalue weighted by atomic mass is 16.5. The number of rotatable bonds is 4. The highest BCUT2D eigenvalue weighted by Crippen LogP contribution is 2.27. The Hall–Kier alpha value is -0.0800. The summed E-state index contributed by atoms with van der Waals surface area (Å²) < 4.78 is 5.58. The number of ether oxygens (including phenoxy) is 1. The normalized spacial score (nSPS) is 40.1. The van der Waals surface area contributed by atoms with Gasteiger partial charge in [-0.1, -0.05) is 19.8 Å². The summed E-state index contributed by atoms with van der Waals surface area (Å²) in [6.07, 6.45) is 7.47. The Balaban J connectivity index is 1.57. The third kappa shape index (κ3) is 3.46. The summed E-state index contributed by atoms with van der Waals surface area (Å²) in [6.45, 7) is 7.96. The fourth-order valence-corrected chi connectivity index (χ4v) is 3.05. The van der Waals surface area contributed by atoms with Crippen molar-refractivity contribution in [2.75, 3.05) is 19.7 Å². The van der Waals surface area contributed by atoms with Gasteiger partial charge in [-0.15, -0.1) is 0 Å². The minimum Gasteiger partial charge on any atom is -0.378 e. The molecule has 1 saturated heterocycles. The van der Waals surface area contributed by atoms with E-state index >= 15 is 0 Å². The Kier molecular flexibility index (Phi) is 4.66. The zero-order valence-corrected chi connectivity index (χ0v) is 10.9. The predicted octanol–water partition coefficient (Wildman–Crippen LogP) is 2.83. The van der Waals surface area contributed by atoms with Gasteiger partial charge in [0.2, 0.25) is 0 Å². The molecule has 1 saturated carbocycles. The van der Waals surface area contributed by atoms with E-state index in [0.717, 1.165) is 30.9 Å². The van der Waals surface area contributed by atoms with Crippen molar-refractivity contribution in [2.45, 2.75) is 52.1 Å². The molecule has 1 N–H and O–H groups in total. The standard InChI is InChI=1S/C14H27NO/c1-11-3-5-13(6-4-11)9-15-10-14-7-8-16-12(14)2/h11-15H,3-10H2,1-2H3. The van der Waals surface area contributed by atoms with Crippen LogP contribution in [0.4, 0.5) is 0 Å². The fraction of sp³-hybridized carbons (Fsp3) is 1.00. The molecule has 2 unspecified atom stereocenters. The van der Waals surface area contributed by atoms with Crippen molar-refractivity contribution < 1.29 is 4.74 Å². The van der Waals surface area contributed by atoms with Gasteiger partial charge in [0.05, 0.1) is 6.10 Å². The molecular formula is C14H27NO. The van der Waals surface area contributed by atoms with Crippen molar-refractivity contribution in [1.29, 1.82) is 0 Å². The number of nitrogens with one attached hydrogen (secondary N) is 1. The second kappa shape index (κ2) is 6.02. The molecule has 2 heteroatoms. The zero-order valence-electron chi connectivity index (χ0n) is 10.9. The van der Waals surface area contributed by atoms with Gasteiger partial charge >= 0.3 is 0 Å². The van der Waals surface area contributed by atoms with E-state index in [2.05, 4.69) is 19.2 Å². The van der Waals surface area contributed by atoms with Crippen LogP contribution in [0, 0.1) is 17.8 Å². The Morgan fingerprint density at radius 3 is 2.38 bits per heavy atom. The number of hydrogen-bond acceptors (Lipinski definition) is 2. The van der Waals surface area contributed by atoms with E-state index in [4.69, 9.17) is 4.74 Å². The second-order valence-electron chi connectivity index (χ2n) is 5.91. The molecule has 2 atom stereocenters. The van der Waals surface area contributed by atoms with Crippen molar-refractivity contribution in [3.63, 3.8) is 0 Å². The summed E-state index contributed by atoms with van der Waals surface area (Å²) in [5, 5.41) is 3.66. The molecule has 2 aliphatic rings. The van der Waals surface area contributed by atoms with E-state index in [1.54, 1.807) is 0 Å². The maximum absolute atomic E-state index is 5.58. The Labute approximate surface area is 100 Å². The molecule has 0 aromatic carbocycles. The van der Waals surface area contributed by atoms with Crippen LogP contribution in [0.2, 0.25) is 0 Å². The van der Waals surface area contributed by atoms with Crippen LogP contribution in [0.15, 0.2) is 0 Å². The zero-order chi connectivity index (χ0) is 11.4. The van der Waals surface area contributed by atoms with Crippen molar-refractivity contribution >= 4 is 0 Å². The van der Waals surface area contributed by atoms with E-state index in [9.17, 15) is 0 Å². The lowest BCUT2D eigenvalue weighted by Gasteiger charge is -2.27. The number of hydrogen-bond donors (Lipinski definition) is 1. The van der Waals surface area contributed by atoms with Crippen molar-refractivity contribution in [1.82, 2.24) is 5.32 Å². The van der Waals surface area contributed by atoms with E-state index in [1.807, 2.05) is 0 Å². The maximum Gasteiger partial charge on any atom is 0.0588 e. The molecule has 0 amide bonds. The molecule has 1 aliphatic carbocycles. The van der Waals surface area contributed by atoms with E-state index in [0.29, 0.717) is 6.10 Å². The molecule has 2 rings (SSSR count). The van der Waals surface area contributed by atoms with Gasteiger partial charge in [-0.05, 0) is 50.5 Å². The summed E-state index contributed by atoms with van der Waals surface area (Å²) >= 11 is 0. The monoisotopic (exact) mass is 225 g/mol. The quantitative estimate of drug-likeness (QED) is 0.794. The summed E-state index contributed by atoms with van der Waals surface area (Å²) in [6, 6.07) is 0. The molecule has 1 aliphatic heterocycles. The van der Waals surface area contributed by atoms with E-state index < -0.39 is 0 Å². The van der Waals surface area contributed by atoms with Gasteiger partial charge in [0.15, 0.2) is 0 Å². The summed E-state index contributed by atoms with van der Waals surface area (Å²) in [5.41, 5.74) is 0. The van der Waals surface area contributed by atoms with Crippen molar-refractivity contribution in [2.24, 2.45) is 17.8 Å². The fourth-order valence-electron chi connectivity index (χ4n) is 3.05. The van der Waals surface area contributed by atoms with Gasteiger partial charge in [-0.3, -0.25) is 0 Å². The largest absolute Gasteiger partial charge is 0.378 e. The summed E-state index contributed by atoms with van der Waals surface area (Å²) in [5.74, 6) is 2.66. The first-order valence-electron chi connectivity index (χ1n) is 7.08. The molecule has 1 heterocycles. The van der Waals surface area contributed by atoms with Crippen LogP contribution in [0.25, 0.3) is 0 Å². The summed E-state index contributed by atoms with van der Waals surface area (Å²) in [4.78, 5) is 0. The third-order valence-electron chi connectivity index (χ3n) is 4.51. The second-order valence-corrected chi connectivity index (χ2v) is 5.91. The average Bonchev–Trinajstić information content (AvgIpc) is 2.68. The van der Waals surface area contributed by atoms with Crippen molar-refractivity contribution in [3.8, 4) is 0 Å². The molecular weight excluding hydrogens is 198 g/mol. The van der Waals surface area contributed by atoms with Gasteiger partial charge in [0, 0.05) is 13.2 Å². The van der Waals surface area contributed by atoms with Crippen LogP contribution >= 0.6 is 0 Å². The minimum absolute atomic E-state index is 0.471. The predicted molar refractivity (Wildman–Crippen MR) is 67.5 cm³/mol. The van der Waals surface area contributed by atoms with Gasteiger partial charge < -0.3 is 10.1 Å². The maximum atomic E-state index is 5.58. The molecule has 0 spiro atoms. The van der Waals surface area contributed by atoms with Crippen LogP contribution in [0.3, 0.4) is 0 Å². The first kappa shape index (κ1) is 12.4. The Morgan fingerprint density at radius 1 is 1.00 bits per heavy atom. The van der Waals surface area contributed by atoms with E-state index in [-0.39, 0.29) is 0 Å². The first-order valence-corrected chi connectivity index (χ1v) is 7.08. The molecule has 2 nitrogen and oxygen atoms in total. The topological polar surface area (TPSA) is 21.3 Å². The van der Waals surface area contributed by atoms with E-state index in [1.165, 1.54) is 38.6 Å².